The van der Waals surface area contributed by atoms with E-state index in [1.165, 1.54) is 11.1 Å². The predicted molar refractivity (Wildman–Crippen MR) is 82.9 cm³/mol. The lowest BCUT2D eigenvalue weighted by Crippen LogP contribution is -2.27. The van der Waals surface area contributed by atoms with Crippen LogP contribution in [0.4, 0.5) is 0 Å². The summed E-state index contributed by atoms with van der Waals surface area (Å²) >= 11 is 1.62. The van der Waals surface area contributed by atoms with Crippen LogP contribution in [0, 0.1) is 6.92 Å². The zero-order chi connectivity index (χ0) is 14.8. The summed E-state index contributed by atoms with van der Waals surface area (Å²) in [6.07, 6.45) is 1.94. The van der Waals surface area contributed by atoms with Crippen molar-refractivity contribution in [3.05, 3.63) is 47.3 Å². The number of aromatic nitrogens is 3. The molecular weight excluding hydrogens is 284 g/mol. The second-order valence-electron chi connectivity index (χ2n) is 5.17. The van der Waals surface area contributed by atoms with Gasteiger partial charge in [-0.25, -0.2) is 4.68 Å². The van der Waals surface area contributed by atoms with Crippen molar-refractivity contribution in [1.82, 2.24) is 19.9 Å². The second kappa shape index (κ2) is 5.89. The highest BCUT2D eigenvalue weighted by atomic mass is 32.2. The van der Waals surface area contributed by atoms with E-state index in [0.717, 1.165) is 5.69 Å². The van der Waals surface area contributed by atoms with Crippen molar-refractivity contribution in [3.8, 4) is 0 Å². The van der Waals surface area contributed by atoms with Gasteiger partial charge in [-0.2, -0.15) is 0 Å². The van der Waals surface area contributed by atoms with Crippen LogP contribution >= 0.6 is 11.8 Å². The van der Waals surface area contributed by atoms with Crippen molar-refractivity contribution in [2.75, 3.05) is 12.3 Å². The molecule has 1 aromatic carbocycles. The summed E-state index contributed by atoms with van der Waals surface area (Å²) < 4.78 is 1.83. The smallest absolute Gasteiger partial charge is 0.233 e. The van der Waals surface area contributed by atoms with Gasteiger partial charge in [-0.1, -0.05) is 35.0 Å². The maximum Gasteiger partial charge on any atom is 0.233 e. The largest absolute Gasteiger partial charge is 0.324 e. The average Bonchev–Trinajstić information content (AvgIpc) is 3.07. The highest BCUT2D eigenvalue weighted by molar-refractivity contribution is 8.00. The molecule has 0 aliphatic carbocycles. The van der Waals surface area contributed by atoms with Gasteiger partial charge < -0.3 is 4.90 Å². The van der Waals surface area contributed by atoms with E-state index in [4.69, 9.17) is 0 Å². The van der Waals surface area contributed by atoms with E-state index in [1.54, 1.807) is 11.8 Å². The summed E-state index contributed by atoms with van der Waals surface area (Å²) in [7, 11) is 0. The van der Waals surface area contributed by atoms with Gasteiger partial charge in [0.1, 0.15) is 11.1 Å². The minimum atomic E-state index is 0.00858. The molecule has 0 N–H and O–H groups in total. The number of carbonyl (C=O) groups excluding carboxylic acids is 1. The first-order valence-electron chi connectivity index (χ1n) is 7.04. The number of nitrogens with zero attached hydrogens (tertiary/aromatic N) is 4. The Hall–Kier alpha value is -1.82. The van der Waals surface area contributed by atoms with E-state index in [2.05, 4.69) is 41.5 Å². The van der Waals surface area contributed by atoms with E-state index >= 15 is 0 Å². The molecule has 2 aromatic rings. The average molecular weight is 302 g/mol. The Morgan fingerprint density at radius 1 is 1.33 bits per heavy atom. The van der Waals surface area contributed by atoms with Crippen molar-refractivity contribution >= 4 is 17.7 Å². The van der Waals surface area contributed by atoms with Crippen LogP contribution in [-0.4, -0.2) is 38.1 Å². The van der Waals surface area contributed by atoms with Gasteiger partial charge in [0.25, 0.3) is 0 Å². The Morgan fingerprint density at radius 3 is 2.81 bits per heavy atom. The Morgan fingerprint density at radius 2 is 2.10 bits per heavy atom. The van der Waals surface area contributed by atoms with E-state index in [0.29, 0.717) is 18.8 Å². The fourth-order valence-corrected chi connectivity index (χ4v) is 3.62. The van der Waals surface area contributed by atoms with Gasteiger partial charge >= 0.3 is 0 Å². The molecule has 110 valence electrons. The summed E-state index contributed by atoms with van der Waals surface area (Å²) in [6, 6.07) is 8.39. The highest BCUT2D eigenvalue weighted by Crippen LogP contribution is 2.36. The number of aryl methyl sites for hydroxylation is 1. The molecule has 1 aliphatic rings. The lowest BCUT2D eigenvalue weighted by Gasteiger charge is -2.19. The Bertz CT molecular complexity index is 637. The number of thioether (sulfide) groups is 1. The molecule has 1 unspecified atom stereocenters. The fraction of sp³-hybridized carbons (Fsp3) is 0.400. The van der Waals surface area contributed by atoms with Crippen LogP contribution < -0.4 is 0 Å². The molecule has 3 rings (SSSR count). The molecule has 2 heterocycles. The lowest BCUT2D eigenvalue weighted by molar-refractivity contribution is -0.127. The summed E-state index contributed by atoms with van der Waals surface area (Å²) in [5.74, 6) is 0.712. The van der Waals surface area contributed by atoms with E-state index in [9.17, 15) is 4.79 Å². The first-order valence-corrected chi connectivity index (χ1v) is 8.09. The molecule has 1 atom stereocenters. The van der Waals surface area contributed by atoms with Gasteiger partial charge in [-0.05, 0) is 19.4 Å². The quantitative estimate of drug-likeness (QED) is 0.869. The first-order chi connectivity index (χ1) is 10.2. The van der Waals surface area contributed by atoms with Gasteiger partial charge in [0.2, 0.25) is 5.91 Å². The molecule has 0 bridgehead atoms. The number of amides is 1. The molecule has 0 saturated carbocycles. The minimum Gasteiger partial charge on any atom is -0.324 e. The SMILES string of the molecule is CCN1C(=O)CSC1c1cn(Cc2ccc(C)cc2)nn1. The van der Waals surface area contributed by atoms with Crippen molar-refractivity contribution < 1.29 is 4.79 Å². The number of hydrogen-bond donors (Lipinski definition) is 0. The van der Waals surface area contributed by atoms with Gasteiger partial charge in [0.15, 0.2) is 0 Å². The monoisotopic (exact) mass is 302 g/mol. The van der Waals surface area contributed by atoms with E-state index in [-0.39, 0.29) is 11.3 Å². The molecule has 0 spiro atoms. The van der Waals surface area contributed by atoms with Crippen LogP contribution in [0.1, 0.15) is 29.1 Å². The third-order valence-corrected chi connectivity index (χ3v) is 4.81. The molecule has 1 fully saturated rings. The van der Waals surface area contributed by atoms with Crippen LogP contribution in [0.5, 0.6) is 0 Å². The third-order valence-electron chi connectivity index (χ3n) is 3.58. The van der Waals surface area contributed by atoms with E-state index < -0.39 is 0 Å². The van der Waals surface area contributed by atoms with E-state index in [1.807, 2.05) is 22.7 Å². The van der Waals surface area contributed by atoms with Crippen LogP contribution in [-0.2, 0) is 11.3 Å². The molecule has 1 saturated heterocycles. The summed E-state index contributed by atoms with van der Waals surface area (Å²) in [5, 5.41) is 8.44. The maximum absolute atomic E-state index is 11.8. The van der Waals surface area contributed by atoms with Gasteiger partial charge in [0.05, 0.1) is 18.5 Å². The molecule has 1 amide bonds. The Kier molecular flexibility index (Phi) is 3.96. The number of hydrogen-bond acceptors (Lipinski definition) is 4. The summed E-state index contributed by atoms with van der Waals surface area (Å²) in [6.45, 7) is 5.48. The van der Waals surface area contributed by atoms with Crippen LogP contribution in [0.15, 0.2) is 30.5 Å². The number of carbonyl (C=O) groups is 1. The maximum atomic E-state index is 11.8. The standard InChI is InChI=1S/C15H18N4OS/c1-3-19-14(20)10-21-15(19)13-9-18(17-16-13)8-12-6-4-11(2)5-7-12/h4-7,9,15H,3,8,10H2,1-2H3. The molecule has 1 aliphatic heterocycles. The van der Waals surface area contributed by atoms with Crippen molar-refractivity contribution in [2.45, 2.75) is 25.8 Å². The molecule has 21 heavy (non-hydrogen) atoms. The molecule has 1 aromatic heterocycles. The van der Waals surface area contributed by atoms with Crippen molar-refractivity contribution in [3.63, 3.8) is 0 Å². The Labute approximate surface area is 128 Å². The van der Waals surface area contributed by atoms with Gasteiger partial charge in [0, 0.05) is 6.54 Å². The van der Waals surface area contributed by atoms with Crippen LogP contribution in [0.3, 0.4) is 0 Å². The molecule has 5 nitrogen and oxygen atoms in total. The van der Waals surface area contributed by atoms with Gasteiger partial charge in [-0.15, -0.1) is 16.9 Å². The van der Waals surface area contributed by atoms with Crippen LogP contribution in [0.2, 0.25) is 0 Å². The molecule has 6 heteroatoms. The molecule has 0 radical (unpaired) electrons. The Balaban J connectivity index is 1.74. The first kappa shape index (κ1) is 14.1. The lowest BCUT2D eigenvalue weighted by atomic mass is 10.1. The third kappa shape index (κ3) is 2.95. The highest BCUT2D eigenvalue weighted by Gasteiger charge is 2.33. The molecular formula is C15H18N4OS. The van der Waals surface area contributed by atoms with Crippen molar-refractivity contribution in [1.29, 1.82) is 0 Å². The fourth-order valence-electron chi connectivity index (χ4n) is 2.43. The summed E-state index contributed by atoms with van der Waals surface area (Å²) in [4.78, 5) is 13.6. The number of rotatable bonds is 4. The zero-order valence-corrected chi connectivity index (χ0v) is 13.0. The normalized spacial score (nSPS) is 18.5. The summed E-state index contributed by atoms with van der Waals surface area (Å²) in [5.41, 5.74) is 3.30. The predicted octanol–water partition coefficient (Wildman–Crippen LogP) is 2.23. The minimum absolute atomic E-state index is 0.00858. The van der Waals surface area contributed by atoms with Crippen molar-refractivity contribution in [2.24, 2.45) is 0 Å². The number of benzene rings is 1. The van der Waals surface area contributed by atoms with Gasteiger partial charge in [-0.3, -0.25) is 4.79 Å². The van der Waals surface area contributed by atoms with Crippen LogP contribution in [0.25, 0.3) is 0 Å². The zero-order valence-electron chi connectivity index (χ0n) is 12.2. The topological polar surface area (TPSA) is 51.0 Å². The second-order valence-corrected chi connectivity index (χ2v) is 6.24.